The molecule has 1 aliphatic heterocycles. The van der Waals surface area contributed by atoms with Gasteiger partial charge in [-0.05, 0) is 12.0 Å². The summed E-state index contributed by atoms with van der Waals surface area (Å²) in [5, 5.41) is 0. The predicted molar refractivity (Wildman–Crippen MR) is 35.8 cm³/mol. The number of carbonyl (C=O) groups excluding carboxylic acids is 1. The summed E-state index contributed by atoms with van der Waals surface area (Å²) >= 11 is 0. The Kier molecular flexibility index (Phi) is 1.60. The summed E-state index contributed by atoms with van der Waals surface area (Å²) in [4.78, 5) is 12.3. The number of nitrogens with zero attached hydrogens (tertiary/aromatic N) is 1. The van der Waals surface area contributed by atoms with Gasteiger partial charge in [0.05, 0.1) is 0 Å². The molecule has 1 aliphatic rings. The third-order valence-electron chi connectivity index (χ3n) is 1.42. The summed E-state index contributed by atoms with van der Waals surface area (Å²) in [6.07, 6.45) is 1.53. The van der Waals surface area contributed by atoms with Crippen molar-refractivity contribution >= 4 is 13.8 Å². The van der Waals surface area contributed by atoms with E-state index in [4.69, 9.17) is 7.85 Å². The van der Waals surface area contributed by atoms with Crippen molar-refractivity contribution in [2.45, 2.75) is 12.8 Å². The summed E-state index contributed by atoms with van der Waals surface area (Å²) in [5.41, 5.74) is 0.373. The molecule has 0 bridgehead atoms. The first-order valence-corrected chi connectivity index (χ1v) is 2.96. The molecule has 2 radical (unpaired) electrons. The summed E-state index contributed by atoms with van der Waals surface area (Å²) in [6, 6.07) is 0. The van der Waals surface area contributed by atoms with Crippen LogP contribution in [0.2, 0.25) is 0 Å². The molecule has 0 aromatic rings. The zero-order chi connectivity index (χ0) is 6.85. The van der Waals surface area contributed by atoms with Crippen LogP contribution in [0.1, 0.15) is 12.8 Å². The van der Waals surface area contributed by atoms with Gasteiger partial charge in [0.25, 0.3) is 0 Å². The van der Waals surface area contributed by atoms with Gasteiger partial charge in [-0.15, -0.1) is 0 Å². The Morgan fingerprint density at radius 3 is 2.67 bits per heavy atom. The Balaban J connectivity index is 2.60. The zero-order valence-electron chi connectivity index (χ0n) is 5.26. The number of likely N-dealkylation sites (tertiary alicyclic amines) is 1. The molecule has 0 unspecified atom stereocenters. The lowest BCUT2D eigenvalue weighted by molar-refractivity contribution is -0.125. The molecule has 0 aliphatic carbocycles. The number of hydrogen-bond acceptors (Lipinski definition) is 1. The average molecular weight is 121 g/mol. The Morgan fingerprint density at radius 1 is 1.78 bits per heavy atom. The highest BCUT2D eigenvalue weighted by atomic mass is 16.2. The van der Waals surface area contributed by atoms with E-state index >= 15 is 0 Å². The fourth-order valence-electron chi connectivity index (χ4n) is 0.952. The minimum atomic E-state index is 0.0995. The maximum absolute atomic E-state index is 10.8. The van der Waals surface area contributed by atoms with E-state index in [1.165, 1.54) is 4.90 Å². The van der Waals surface area contributed by atoms with E-state index in [1.807, 2.05) is 0 Å². The van der Waals surface area contributed by atoms with Gasteiger partial charge in [-0.2, -0.15) is 0 Å². The van der Waals surface area contributed by atoms with Gasteiger partial charge in [-0.25, -0.2) is 0 Å². The second kappa shape index (κ2) is 2.25. The highest BCUT2D eigenvalue weighted by Gasteiger charge is 2.19. The van der Waals surface area contributed by atoms with E-state index in [2.05, 4.69) is 6.58 Å². The van der Waals surface area contributed by atoms with Gasteiger partial charge in [0.15, 0.2) is 0 Å². The molecule has 1 amide bonds. The molecule has 1 saturated heterocycles. The molecule has 3 heteroatoms. The van der Waals surface area contributed by atoms with Crippen molar-refractivity contribution < 1.29 is 4.79 Å². The van der Waals surface area contributed by atoms with Gasteiger partial charge in [0.1, 0.15) is 7.85 Å². The molecule has 0 spiro atoms. The lowest BCUT2D eigenvalue weighted by Crippen LogP contribution is -2.23. The molecule has 2 nitrogen and oxygen atoms in total. The quantitative estimate of drug-likeness (QED) is 0.455. The van der Waals surface area contributed by atoms with Crippen LogP contribution in [0.15, 0.2) is 12.2 Å². The molecule has 0 atom stereocenters. The van der Waals surface area contributed by atoms with Crippen molar-refractivity contribution in [1.82, 2.24) is 4.90 Å². The largest absolute Gasteiger partial charge is 0.327 e. The first kappa shape index (κ1) is 6.40. The van der Waals surface area contributed by atoms with Crippen molar-refractivity contribution in [3.63, 3.8) is 0 Å². The molecule has 0 saturated carbocycles. The molecule has 1 heterocycles. The van der Waals surface area contributed by atoms with Crippen LogP contribution in [0.25, 0.3) is 0 Å². The van der Waals surface area contributed by atoms with Crippen LogP contribution in [0.4, 0.5) is 0 Å². The van der Waals surface area contributed by atoms with Crippen LogP contribution in [-0.2, 0) is 4.79 Å². The van der Waals surface area contributed by atoms with Crippen LogP contribution in [0.3, 0.4) is 0 Å². The van der Waals surface area contributed by atoms with Gasteiger partial charge >= 0.3 is 0 Å². The third-order valence-corrected chi connectivity index (χ3v) is 1.42. The first-order chi connectivity index (χ1) is 4.22. The molecule has 0 aromatic heterocycles. The van der Waals surface area contributed by atoms with Crippen molar-refractivity contribution in [1.29, 1.82) is 0 Å². The predicted octanol–water partition coefficient (Wildman–Crippen LogP) is 0.248. The number of rotatable bonds is 1. The Hall–Kier alpha value is -0.725. The van der Waals surface area contributed by atoms with Gasteiger partial charge in [-0.1, -0.05) is 6.58 Å². The van der Waals surface area contributed by atoms with E-state index in [1.54, 1.807) is 0 Å². The van der Waals surface area contributed by atoms with Crippen molar-refractivity contribution in [2.24, 2.45) is 0 Å². The molecule has 0 aromatic carbocycles. The van der Waals surface area contributed by atoms with Crippen molar-refractivity contribution in [3.05, 3.63) is 12.2 Å². The Labute approximate surface area is 55.9 Å². The van der Waals surface area contributed by atoms with E-state index in [9.17, 15) is 4.79 Å². The summed E-state index contributed by atoms with van der Waals surface area (Å²) in [5.74, 6) is 0.0995. The molecular formula is C6H8BNO. The number of carbonyl (C=O) groups is 1. The lowest BCUT2D eigenvalue weighted by atomic mass is 10.1. The van der Waals surface area contributed by atoms with E-state index in [0.717, 1.165) is 13.0 Å². The molecular weight excluding hydrogens is 113 g/mol. The zero-order valence-corrected chi connectivity index (χ0v) is 5.26. The normalized spacial score (nSPS) is 18.7. The number of amides is 1. The highest BCUT2D eigenvalue weighted by molar-refractivity contribution is 6.22. The van der Waals surface area contributed by atoms with Crippen LogP contribution in [-0.4, -0.2) is 25.2 Å². The SMILES string of the molecule is [B]C(=C)N1CCCC1=O. The smallest absolute Gasteiger partial charge is 0.226 e. The maximum atomic E-state index is 10.8. The van der Waals surface area contributed by atoms with Crippen LogP contribution in [0.5, 0.6) is 0 Å². The summed E-state index contributed by atoms with van der Waals surface area (Å²) in [7, 11) is 5.30. The molecule has 9 heavy (non-hydrogen) atoms. The minimum Gasteiger partial charge on any atom is -0.327 e. The average Bonchev–Trinajstić information content (AvgIpc) is 2.13. The fraction of sp³-hybridized carbons (Fsp3) is 0.500. The molecule has 46 valence electrons. The minimum absolute atomic E-state index is 0.0995. The summed E-state index contributed by atoms with van der Waals surface area (Å²) < 4.78 is 0. The van der Waals surface area contributed by atoms with Gasteiger partial charge < -0.3 is 4.90 Å². The topological polar surface area (TPSA) is 20.3 Å². The molecule has 0 N–H and O–H groups in total. The highest BCUT2D eigenvalue weighted by Crippen LogP contribution is 2.12. The Bertz CT molecular complexity index is 155. The third kappa shape index (κ3) is 1.15. The molecule has 1 fully saturated rings. The van der Waals surface area contributed by atoms with E-state index in [-0.39, 0.29) is 5.91 Å². The Morgan fingerprint density at radius 2 is 2.44 bits per heavy atom. The van der Waals surface area contributed by atoms with Crippen molar-refractivity contribution in [3.8, 4) is 0 Å². The van der Waals surface area contributed by atoms with Crippen LogP contribution >= 0.6 is 0 Å². The first-order valence-electron chi connectivity index (χ1n) is 2.96. The fourth-order valence-corrected chi connectivity index (χ4v) is 0.952. The van der Waals surface area contributed by atoms with Crippen LogP contribution < -0.4 is 0 Å². The van der Waals surface area contributed by atoms with E-state index < -0.39 is 0 Å². The lowest BCUT2D eigenvalue weighted by Gasteiger charge is -2.14. The monoisotopic (exact) mass is 121 g/mol. The van der Waals surface area contributed by atoms with Gasteiger partial charge in [-0.3, -0.25) is 4.79 Å². The second-order valence-electron chi connectivity index (χ2n) is 2.14. The van der Waals surface area contributed by atoms with E-state index in [0.29, 0.717) is 12.0 Å². The number of hydrogen-bond donors (Lipinski definition) is 0. The van der Waals surface area contributed by atoms with Gasteiger partial charge in [0, 0.05) is 13.0 Å². The van der Waals surface area contributed by atoms with Crippen LogP contribution in [0, 0.1) is 0 Å². The maximum Gasteiger partial charge on any atom is 0.226 e. The standard InChI is InChI=1S/C6H8BNO/c1-5(7)8-4-2-3-6(8)9/h1-4H2. The van der Waals surface area contributed by atoms with Crippen molar-refractivity contribution in [2.75, 3.05) is 6.54 Å². The summed E-state index contributed by atoms with van der Waals surface area (Å²) in [6.45, 7) is 4.21. The second-order valence-corrected chi connectivity index (χ2v) is 2.14. The molecule has 1 rings (SSSR count). The van der Waals surface area contributed by atoms with Gasteiger partial charge in [0.2, 0.25) is 5.91 Å².